The molecule has 522 valence electrons. The highest BCUT2D eigenvalue weighted by atomic mass is 16.3. The molecule has 0 aliphatic carbocycles. The van der Waals surface area contributed by atoms with Crippen LogP contribution in [0.3, 0.4) is 0 Å². The number of aromatic nitrogens is 8. The van der Waals surface area contributed by atoms with Gasteiger partial charge in [-0.25, -0.2) is 29.9 Å². The van der Waals surface area contributed by atoms with Crippen molar-refractivity contribution >= 4 is 87.5 Å². The number of rotatable bonds is 13. The van der Waals surface area contributed by atoms with E-state index in [0.29, 0.717) is 34.9 Å². The van der Waals surface area contributed by atoms with Crippen molar-refractivity contribution < 1.29 is 8.83 Å². The van der Waals surface area contributed by atoms with E-state index in [1.165, 1.54) is 32.7 Å². The smallest absolute Gasteiger partial charge is 0.164 e. The molecular formula is C102H62N8O2. The van der Waals surface area contributed by atoms with Gasteiger partial charge in [0.05, 0.1) is 22.1 Å². The molecule has 22 rings (SSSR count). The van der Waals surface area contributed by atoms with Crippen LogP contribution >= 0.6 is 0 Å². The topological polar surface area (TPSA) is 113 Å². The Labute approximate surface area is 642 Å². The van der Waals surface area contributed by atoms with Gasteiger partial charge in [-0.05, 0) is 159 Å². The molecule has 0 fully saturated rings. The summed E-state index contributed by atoms with van der Waals surface area (Å²) in [7, 11) is 0. The van der Waals surface area contributed by atoms with Crippen LogP contribution in [0.1, 0.15) is 0 Å². The van der Waals surface area contributed by atoms with Crippen molar-refractivity contribution in [1.29, 1.82) is 0 Å². The lowest BCUT2D eigenvalue weighted by Crippen LogP contribution is -2.00. The van der Waals surface area contributed by atoms with E-state index in [9.17, 15) is 0 Å². The van der Waals surface area contributed by atoms with Crippen molar-refractivity contribution in [2.45, 2.75) is 0 Å². The first-order valence-corrected chi connectivity index (χ1v) is 37.6. The van der Waals surface area contributed by atoms with Crippen LogP contribution in [0.5, 0.6) is 0 Å². The molecule has 22 aromatic rings. The van der Waals surface area contributed by atoms with Gasteiger partial charge in [-0.1, -0.05) is 273 Å². The molecule has 112 heavy (non-hydrogen) atoms. The van der Waals surface area contributed by atoms with E-state index < -0.39 is 0 Å². The second-order valence-corrected chi connectivity index (χ2v) is 28.6. The summed E-state index contributed by atoms with van der Waals surface area (Å²) in [6.45, 7) is 0. The minimum atomic E-state index is 0.538. The second kappa shape index (κ2) is 26.3. The van der Waals surface area contributed by atoms with Crippen LogP contribution in [-0.4, -0.2) is 39.0 Å². The van der Waals surface area contributed by atoms with Gasteiger partial charge in [0, 0.05) is 87.8 Å². The van der Waals surface area contributed by atoms with Crippen LogP contribution in [-0.2, 0) is 0 Å². The maximum absolute atomic E-state index is 6.85. The minimum absolute atomic E-state index is 0.538. The monoisotopic (exact) mass is 1430 g/mol. The van der Waals surface area contributed by atoms with Gasteiger partial charge < -0.3 is 18.0 Å². The molecule has 0 atom stereocenters. The van der Waals surface area contributed by atoms with Crippen molar-refractivity contribution in [3.8, 4) is 135 Å². The molecule has 0 bridgehead atoms. The van der Waals surface area contributed by atoms with E-state index in [0.717, 1.165) is 155 Å². The van der Waals surface area contributed by atoms with Crippen molar-refractivity contribution in [3.63, 3.8) is 0 Å². The predicted molar refractivity (Wildman–Crippen MR) is 456 cm³/mol. The maximum atomic E-state index is 6.85. The minimum Gasteiger partial charge on any atom is -0.456 e. The highest BCUT2D eigenvalue weighted by Gasteiger charge is 2.22. The van der Waals surface area contributed by atoms with E-state index in [1.54, 1.807) is 0 Å². The molecule has 10 nitrogen and oxygen atoms in total. The Morgan fingerprint density at radius 2 is 0.473 bits per heavy atom. The van der Waals surface area contributed by atoms with Gasteiger partial charge in [0.25, 0.3) is 0 Å². The summed E-state index contributed by atoms with van der Waals surface area (Å²) in [5, 5.41) is 8.86. The third-order valence-corrected chi connectivity index (χ3v) is 21.8. The van der Waals surface area contributed by atoms with E-state index >= 15 is 0 Å². The summed E-state index contributed by atoms with van der Waals surface area (Å²) in [6, 6.07) is 133. The van der Waals surface area contributed by atoms with Crippen LogP contribution in [0.25, 0.3) is 223 Å². The van der Waals surface area contributed by atoms with Gasteiger partial charge in [0.1, 0.15) is 22.3 Å². The summed E-state index contributed by atoms with van der Waals surface area (Å²) in [5.74, 6) is 3.38. The number of hydrogen-bond acceptors (Lipinski definition) is 8. The molecule has 0 N–H and O–H groups in total. The predicted octanol–water partition coefficient (Wildman–Crippen LogP) is 26.4. The molecule has 16 aromatic carbocycles. The van der Waals surface area contributed by atoms with Crippen molar-refractivity contribution in [3.05, 3.63) is 376 Å². The highest BCUT2D eigenvalue weighted by molar-refractivity contribution is 6.13. The normalized spacial score (nSPS) is 11.8. The summed E-state index contributed by atoms with van der Waals surface area (Å²) >= 11 is 0. The van der Waals surface area contributed by atoms with Gasteiger partial charge in [0.15, 0.2) is 34.9 Å². The van der Waals surface area contributed by atoms with E-state index in [1.807, 2.05) is 84.9 Å². The number of nitrogens with zero attached hydrogens (tertiary/aromatic N) is 8. The van der Waals surface area contributed by atoms with E-state index in [-0.39, 0.29) is 0 Å². The quantitative estimate of drug-likeness (QED) is 0.112. The van der Waals surface area contributed by atoms with Crippen LogP contribution in [0, 0.1) is 0 Å². The zero-order chi connectivity index (χ0) is 73.7. The van der Waals surface area contributed by atoms with Gasteiger partial charge in [-0.2, -0.15) is 0 Å². The molecule has 0 unspecified atom stereocenters. The number of fused-ring (bicyclic) bond motifs is 12. The maximum Gasteiger partial charge on any atom is 0.164 e. The summed E-state index contributed by atoms with van der Waals surface area (Å²) < 4.78 is 18.0. The lowest BCUT2D eigenvalue weighted by atomic mass is 9.96. The fourth-order valence-corrected chi connectivity index (χ4v) is 16.3. The largest absolute Gasteiger partial charge is 0.456 e. The van der Waals surface area contributed by atoms with Gasteiger partial charge in [-0.15, -0.1) is 0 Å². The standard InChI is InChI=1S/C102H62N8O2/c1-5-20-63(21-6-1)72-47-52-91-87(58-72)82-31-14-17-34-90(82)109(91)79-29-19-28-71(55-79)65-36-40-69(41-37-65)99-103-97(67-24-9-3-10-25-67)106-102(107-99)76-46-51-86-88-59-73(48-53-94(88)112-96(86)62-76)78-54-77(56-80(57-78)110-89-33-16-13-30-81(89)83-49-44-74(60-92(83)110)64-22-7-2-8-23-64)66-38-42-70(43-39-66)100-104-98(68-26-11-4-12-27-68)105-101(108-100)75-45-50-85-84-32-15-18-35-93(84)111-95(85)61-75/h1-62H. The number of hydrogen-bond donors (Lipinski definition) is 0. The first kappa shape index (κ1) is 64.0. The Hall–Kier alpha value is -15.3. The molecule has 0 aliphatic heterocycles. The molecule has 6 aromatic heterocycles. The Morgan fingerprint density at radius 3 is 1.05 bits per heavy atom. The number of benzene rings is 16. The fraction of sp³-hybridized carbons (Fsp3) is 0. The van der Waals surface area contributed by atoms with Crippen LogP contribution in [0.2, 0.25) is 0 Å². The highest BCUT2D eigenvalue weighted by Crippen LogP contribution is 2.43. The Morgan fingerprint density at radius 1 is 0.152 bits per heavy atom. The third kappa shape index (κ3) is 11.2. The Balaban J connectivity index is 0.625. The molecule has 10 heteroatoms. The van der Waals surface area contributed by atoms with Crippen LogP contribution < -0.4 is 0 Å². The molecule has 0 saturated carbocycles. The van der Waals surface area contributed by atoms with Crippen molar-refractivity contribution in [2.24, 2.45) is 0 Å². The van der Waals surface area contributed by atoms with Gasteiger partial charge in [-0.3, -0.25) is 0 Å². The van der Waals surface area contributed by atoms with Crippen LogP contribution in [0.4, 0.5) is 0 Å². The molecule has 6 heterocycles. The average Bonchev–Trinajstić information content (AvgIpc) is 1.60. The van der Waals surface area contributed by atoms with Gasteiger partial charge in [0.2, 0.25) is 0 Å². The lowest BCUT2D eigenvalue weighted by Gasteiger charge is -2.15. The molecule has 0 saturated heterocycles. The van der Waals surface area contributed by atoms with Crippen LogP contribution in [0.15, 0.2) is 385 Å². The zero-order valence-corrected chi connectivity index (χ0v) is 60.2. The Bertz CT molecular complexity index is 7470. The molecule has 0 amide bonds. The molecule has 0 spiro atoms. The zero-order valence-electron chi connectivity index (χ0n) is 60.2. The van der Waals surface area contributed by atoms with Gasteiger partial charge >= 0.3 is 0 Å². The fourth-order valence-electron chi connectivity index (χ4n) is 16.3. The third-order valence-electron chi connectivity index (χ3n) is 21.8. The lowest BCUT2D eigenvalue weighted by molar-refractivity contribution is 0.668. The number of furan rings is 2. The number of para-hydroxylation sites is 3. The SMILES string of the molecule is c1ccc(-c2ccc3c(c2)c2ccccc2n3-c2cccc(-c3ccc(-c4nc(-c5ccccc5)nc(-c5ccc6c(c5)oc5ccc(-c7cc(-c8ccc(-c9nc(-c%10ccccc%10)nc(-c%10ccc%11c(c%10)oc%10ccccc%10%11)n9)cc8)cc(-n8c9ccccc9c9ccc(-c%10ccccc%10)cc98)c7)cc56)n4)cc3)c2)cc1. The van der Waals surface area contributed by atoms with Crippen molar-refractivity contribution in [2.75, 3.05) is 0 Å². The summed E-state index contributed by atoms with van der Waals surface area (Å²) in [4.78, 5) is 31.0. The first-order valence-electron chi connectivity index (χ1n) is 37.6. The second-order valence-electron chi connectivity index (χ2n) is 28.6. The molecule has 0 radical (unpaired) electrons. The Kier molecular flexibility index (Phi) is 15.0. The summed E-state index contributed by atoms with van der Waals surface area (Å²) in [6.07, 6.45) is 0. The average molecular weight is 1430 g/mol. The summed E-state index contributed by atoms with van der Waals surface area (Å²) in [5.41, 5.74) is 25.9. The first-order chi connectivity index (χ1) is 55.4. The van der Waals surface area contributed by atoms with Crippen molar-refractivity contribution in [1.82, 2.24) is 39.0 Å². The molecular weight excluding hydrogens is 1370 g/mol. The van der Waals surface area contributed by atoms with E-state index in [4.69, 9.17) is 38.7 Å². The van der Waals surface area contributed by atoms with E-state index in [2.05, 4.69) is 300 Å². The molecule has 0 aliphatic rings.